The second-order valence-corrected chi connectivity index (χ2v) is 4.77. The number of hydrogen-bond donors (Lipinski definition) is 1. The number of carbonyl (C=O) groups is 1. The van der Waals surface area contributed by atoms with Gasteiger partial charge in [-0.3, -0.25) is 0 Å². The summed E-state index contributed by atoms with van der Waals surface area (Å²) in [4.78, 5) is 11.1. The number of carbonyl (C=O) groups excluding carboxylic acids is 1. The lowest BCUT2D eigenvalue weighted by Gasteiger charge is -2.08. The predicted octanol–water partition coefficient (Wildman–Crippen LogP) is 0.147. The second kappa shape index (κ2) is 18.3. The van der Waals surface area contributed by atoms with E-state index in [2.05, 4.69) is 6.58 Å². The lowest BCUT2D eigenvalue weighted by atomic mass is 10.4. The van der Waals surface area contributed by atoms with Gasteiger partial charge in [0.05, 0.1) is 66.1 Å². The van der Waals surface area contributed by atoms with Crippen LogP contribution in [0.15, 0.2) is 12.2 Å². The van der Waals surface area contributed by atoms with Crippen molar-refractivity contribution in [2.24, 2.45) is 5.73 Å². The number of esters is 1. The molecule has 0 saturated heterocycles. The molecule has 0 aromatic rings. The van der Waals surface area contributed by atoms with Crippen LogP contribution in [0.4, 0.5) is 0 Å². The molecule has 0 spiro atoms. The molecule has 0 aromatic heterocycles. The molecule has 0 bridgehead atoms. The van der Waals surface area contributed by atoms with Crippen LogP contribution in [-0.2, 0) is 33.2 Å². The molecular weight excluding hydrogens is 318 g/mol. The molecule has 0 atom stereocenters. The molecule has 0 aliphatic carbocycles. The van der Waals surface area contributed by atoms with Gasteiger partial charge in [-0.15, -0.1) is 0 Å². The monoisotopic (exact) mass is 349 g/mol. The van der Waals surface area contributed by atoms with Crippen molar-refractivity contribution in [1.82, 2.24) is 0 Å². The maximum Gasteiger partial charge on any atom is 0.333 e. The van der Waals surface area contributed by atoms with Gasteiger partial charge in [-0.2, -0.15) is 0 Å². The van der Waals surface area contributed by atoms with Crippen molar-refractivity contribution in [1.29, 1.82) is 0 Å². The highest BCUT2D eigenvalue weighted by Gasteiger charge is 2.01. The van der Waals surface area contributed by atoms with Crippen LogP contribution < -0.4 is 5.73 Å². The quantitative estimate of drug-likeness (QED) is 0.212. The highest BCUT2D eigenvalue weighted by atomic mass is 16.6. The first-order chi connectivity index (χ1) is 11.7. The SMILES string of the molecule is C=C(C)C(=O)OCCOCCOCCOCCOCCOCCN. The Morgan fingerprint density at radius 2 is 1.04 bits per heavy atom. The minimum atomic E-state index is -0.404. The van der Waals surface area contributed by atoms with Crippen LogP contribution in [0.3, 0.4) is 0 Å². The van der Waals surface area contributed by atoms with E-state index in [9.17, 15) is 4.79 Å². The summed E-state index contributed by atoms with van der Waals surface area (Å²) in [5, 5.41) is 0. The molecule has 8 heteroatoms. The average molecular weight is 349 g/mol. The highest BCUT2D eigenvalue weighted by molar-refractivity contribution is 5.86. The van der Waals surface area contributed by atoms with Crippen molar-refractivity contribution in [2.75, 3.05) is 79.2 Å². The van der Waals surface area contributed by atoms with Gasteiger partial charge < -0.3 is 34.2 Å². The van der Waals surface area contributed by atoms with E-state index in [4.69, 9.17) is 34.2 Å². The molecule has 0 aliphatic heterocycles. The summed E-state index contributed by atoms with van der Waals surface area (Å²) in [5.74, 6) is -0.404. The predicted molar refractivity (Wildman–Crippen MR) is 88.9 cm³/mol. The van der Waals surface area contributed by atoms with E-state index in [1.54, 1.807) is 6.92 Å². The van der Waals surface area contributed by atoms with Crippen LogP contribution in [0.1, 0.15) is 6.92 Å². The van der Waals surface area contributed by atoms with E-state index in [1.807, 2.05) is 0 Å². The normalized spacial score (nSPS) is 10.8. The van der Waals surface area contributed by atoms with E-state index >= 15 is 0 Å². The first-order valence-corrected chi connectivity index (χ1v) is 8.10. The van der Waals surface area contributed by atoms with Crippen LogP contribution >= 0.6 is 0 Å². The molecule has 0 rings (SSSR count). The van der Waals surface area contributed by atoms with Gasteiger partial charge >= 0.3 is 5.97 Å². The smallest absolute Gasteiger partial charge is 0.333 e. The molecule has 0 heterocycles. The third-order valence-electron chi connectivity index (χ3n) is 2.56. The summed E-state index contributed by atoms with van der Waals surface area (Å²) in [7, 11) is 0. The minimum Gasteiger partial charge on any atom is -0.460 e. The topological polar surface area (TPSA) is 98.5 Å². The lowest BCUT2D eigenvalue weighted by Crippen LogP contribution is -2.15. The Kier molecular flexibility index (Phi) is 17.5. The van der Waals surface area contributed by atoms with Crippen LogP contribution in [0.25, 0.3) is 0 Å². The van der Waals surface area contributed by atoms with Gasteiger partial charge in [-0.25, -0.2) is 4.79 Å². The second-order valence-electron chi connectivity index (χ2n) is 4.77. The summed E-state index contributed by atoms with van der Waals surface area (Å²) in [5.41, 5.74) is 5.66. The Hall–Kier alpha value is -1.03. The van der Waals surface area contributed by atoms with Crippen LogP contribution in [0.2, 0.25) is 0 Å². The molecule has 0 unspecified atom stereocenters. The summed E-state index contributed by atoms with van der Waals surface area (Å²) in [6.07, 6.45) is 0. The Morgan fingerprint density at radius 1 is 0.708 bits per heavy atom. The molecule has 142 valence electrons. The van der Waals surface area contributed by atoms with Crippen molar-refractivity contribution < 1.29 is 33.2 Å². The van der Waals surface area contributed by atoms with Crippen molar-refractivity contribution in [3.63, 3.8) is 0 Å². The van der Waals surface area contributed by atoms with Crippen LogP contribution in [-0.4, -0.2) is 85.2 Å². The van der Waals surface area contributed by atoms with Gasteiger partial charge in [-0.1, -0.05) is 6.58 Å². The van der Waals surface area contributed by atoms with E-state index in [0.29, 0.717) is 78.2 Å². The number of nitrogens with two attached hydrogens (primary N) is 1. The van der Waals surface area contributed by atoms with Gasteiger partial charge in [-0.05, 0) is 6.92 Å². The zero-order valence-electron chi connectivity index (χ0n) is 14.6. The van der Waals surface area contributed by atoms with E-state index in [1.165, 1.54) is 0 Å². The van der Waals surface area contributed by atoms with Crippen LogP contribution in [0, 0.1) is 0 Å². The van der Waals surface area contributed by atoms with Gasteiger partial charge in [0.25, 0.3) is 0 Å². The molecule has 8 nitrogen and oxygen atoms in total. The first kappa shape index (κ1) is 23.0. The molecule has 0 aliphatic rings. The molecule has 0 fully saturated rings. The standard InChI is InChI=1S/C16H31NO7/c1-15(2)16(18)24-14-13-23-12-11-22-10-9-21-8-7-20-6-5-19-4-3-17/h1,3-14,17H2,2H3. The van der Waals surface area contributed by atoms with E-state index in [-0.39, 0.29) is 6.61 Å². The maximum absolute atomic E-state index is 11.1. The van der Waals surface area contributed by atoms with Gasteiger partial charge in [0.1, 0.15) is 6.61 Å². The largest absolute Gasteiger partial charge is 0.460 e. The zero-order chi connectivity index (χ0) is 17.9. The third-order valence-corrected chi connectivity index (χ3v) is 2.56. The van der Waals surface area contributed by atoms with Crippen molar-refractivity contribution in [2.45, 2.75) is 6.92 Å². The summed E-state index contributed by atoms with van der Waals surface area (Å²) < 4.78 is 31.3. The van der Waals surface area contributed by atoms with Gasteiger partial charge in [0.15, 0.2) is 0 Å². The van der Waals surface area contributed by atoms with E-state index in [0.717, 1.165) is 0 Å². The molecule has 24 heavy (non-hydrogen) atoms. The fraction of sp³-hybridized carbons (Fsp3) is 0.812. The zero-order valence-corrected chi connectivity index (χ0v) is 14.6. The molecule has 0 amide bonds. The molecule has 0 radical (unpaired) electrons. The Morgan fingerprint density at radius 3 is 1.38 bits per heavy atom. The molecule has 0 saturated carbocycles. The van der Waals surface area contributed by atoms with Gasteiger partial charge in [0, 0.05) is 12.1 Å². The van der Waals surface area contributed by atoms with Crippen molar-refractivity contribution in [3.05, 3.63) is 12.2 Å². The minimum absolute atomic E-state index is 0.214. The van der Waals surface area contributed by atoms with Gasteiger partial charge in [0.2, 0.25) is 0 Å². The lowest BCUT2D eigenvalue weighted by molar-refractivity contribution is -0.140. The maximum atomic E-state index is 11.1. The third kappa shape index (κ3) is 17.3. The number of hydrogen-bond acceptors (Lipinski definition) is 8. The molecule has 0 aromatic carbocycles. The summed E-state index contributed by atoms with van der Waals surface area (Å²) in [6, 6.07) is 0. The highest BCUT2D eigenvalue weighted by Crippen LogP contribution is 1.91. The Bertz CT molecular complexity index is 313. The van der Waals surface area contributed by atoms with Crippen LogP contribution in [0.5, 0.6) is 0 Å². The number of ether oxygens (including phenoxy) is 6. The Labute approximate surface area is 144 Å². The summed E-state index contributed by atoms with van der Waals surface area (Å²) >= 11 is 0. The summed E-state index contributed by atoms with van der Waals surface area (Å²) in [6.45, 7) is 10.8. The molecular formula is C16H31NO7. The van der Waals surface area contributed by atoms with E-state index < -0.39 is 5.97 Å². The molecule has 2 N–H and O–H groups in total. The van der Waals surface area contributed by atoms with Crippen molar-refractivity contribution >= 4 is 5.97 Å². The average Bonchev–Trinajstić information content (AvgIpc) is 2.57. The fourth-order valence-electron chi connectivity index (χ4n) is 1.38. The number of rotatable bonds is 18. The first-order valence-electron chi connectivity index (χ1n) is 8.10. The van der Waals surface area contributed by atoms with Crippen molar-refractivity contribution in [3.8, 4) is 0 Å². The Balaban J connectivity index is 3.05. The fourth-order valence-corrected chi connectivity index (χ4v) is 1.38.